The summed E-state index contributed by atoms with van der Waals surface area (Å²) >= 11 is 0. The third-order valence-electron chi connectivity index (χ3n) is 5.09. The van der Waals surface area contributed by atoms with Crippen LogP contribution in [0.25, 0.3) is 6.08 Å². The molecule has 1 saturated heterocycles. The smallest absolute Gasteiger partial charge is 0.244 e. The molecule has 1 unspecified atom stereocenters. The van der Waals surface area contributed by atoms with Crippen LogP contribution in [-0.2, 0) is 9.53 Å². The normalized spacial score (nSPS) is 15.7. The Bertz CT molecular complexity index is 829. The molecule has 0 radical (unpaired) electrons. The van der Waals surface area contributed by atoms with Gasteiger partial charge < -0.3 is 19.5 Å². The fourth-order valence-corrected chi connectivity index (χ4v) is 3.50. The number of ether oxygens (including phenoxy) is 3. The number of nitrogens with zero attached hydrogens (tertiary/aromatic N) is 1. The van der Waals surface area contributed by atoms with Crippen LogP contribution >= 0.6 is 0 Å². The average Bonchev–Trinajstić information content (AvgIpc) is 2.80. The molecular formula is C24H30N2O4. The minimum atomic E-state index is -0.131. The molecular weight excluding hydrogens is 380 g/mol. The van der Waals surface area contributed by atoms with Gasteiger partial charge in [-0.15, -0.1) is 0 Å². The Kier molecular flexibility index (Phi) is 8.30. The van der Waals surface area contributed by atoms with E-state index in [9.17, 15) is 4.79 Å². The molecule has 3 rings (SSSR count). The lowest BCUT2D eigenvalue weighted by Crippen LogP contribution is -2.43. The summed E-state index contributed by atoms with van der Waals surface area (Å²) < 4.78 is 16.4. The van der Waals surface area contributed by atoms with Gasteiger partial charge in [0.25, 0.3) is 0 Å². The van der Waals surface area contributed by atoms with Crippen LogP contribution in [0.3, 0.4) is 0 Å². The summed E-state index contributed by atoms with van der Waals surface area (Å²) in [5.41, 5.74) is 2.03. The van der Waals surface area contributed by atoms with Crippen LogP contribution in [0, 0.1) is 0 Å². The largest absolute Gasteiger partial charge is 0.497 e. The Morgan fingerprint density at radius 1 is 1.17 bits per heavy atom. The predicted octanol–water partition coefficient (Wildman–Crippen LogP) is 3.30. The molecule has 1 fully saturated rings. The summed E-state index contributed by atoms with van der Waals surface area (Å²) in [5, 5.41) is 3.05. The summed E-state index contributed by atoms with van der Waals surface area (Å²) in [6, 6.07) is 15.8. The zero-order valence-corrected chi connectivity index (χ0v) is 17.7. The van der Waals surface area contributed by atoms with E-state index in [2.05, 4.69) is 22.3 Å². The number of benzene rings is 2. The van der Waals surface area contributed by atoms with Crippen molar-refractivity contribution in [1.29, 1.82) is 0 Å². The van der Waals surface area contributed by atoms with E-state index in [1.807, 2.05) is 43.3 Å². The molecule has 2 aromatic rings. The molecule has 6 heteroatoms. The van der Waals surface area contributed by atoms with E-state index in [1.165, 1.54) is 0 Å². The van der Waals surface area contributed by atoms with Crippen LogP contribution in [0.1, 0.15) is 24.1 Å². The topological polar surface area (TPSA) is 60.0 Å². The van der Waals surface area contributed by atoms with Crippen LogP contribution in [0.5, 0.6) is 11.5 Å². The first-order chi connectivity index (χ1) is 14.7. The molecule has 0 bridgehead atoms. The van der Waals surface area contributed by atoms with E-state index >= 15 is 0 Å². The van der Waals surface area contributed by atoms with Gasteiger partial charge in [-0.25, -0.2) is 0 Å². The second-order valence-electron chi connectivity index (χ2n) is 6.99. The highest BCUT2D eigenvalue weighted by Gasteiger charge is 2.23. The van der Waals surface area contributed by atoms with Crippen molar-refractivity contribution in [3.63, 3.8) is 0 Å². The van der Waals surface area contributed by atoms with E-state index < -0.39 is 0 Å². The number of carbonyl (C=O) groups is 1. The summed E-state index contributed by atoms with van der Waals surface area (Å²) in [4.78, 5) is 14.8. The fraction of sp³-hybridized carbons (Fsp3) is 0.375. The van der Waals surface area contributed by atoms with Crippen molar-refractivity contribution >= 4 is 12.0 Å². The molecule has 1 amide bonds. The fourth-order valence-electron chi connectivity index (χ4n) is 3.50. The Balaban J connectivity index is 1.66. The molecule has 1 aliphatic rings. The maximum atomic E-state index is 12.5. The molecule has 6 nitrogen and oxygen atoms in total. The Morgan fingerprint density at radius 3 is 2.60 bits per heavy atom. The molecule has 2 aromatic carbocycles. The lowest BCUT2D eigenvalue weighted by Gasteiger charge is -2.34. The number of nitrogens with one attached hydrogen (secondary N) is 1. The van der Waals surface area contributed by atoms with Crippen molar-refractivity contribution in [2.75, 3.05) is 46.6 Å². The van der Waals surface area contributed by atoms with Gasteiger partial charge in [-0.2, -0.15) is 0 Å². The molecule has 1 heterocycles. The number of carbonyl (C=O) groups excluding carboxylic acids is 1. The highest BCUT2D eigenvalue weighted by atomic mass is 16.5. The zero-order chi connectivity index (χ0) is 21.2. The molecule has 1 aliphatic heterocycles. The van der Waals surface area contributed by atoms with Crippen molar-refractivity contribution in [3.8, 4) is 11.5 Å². The van der Waals surface area contributed by atoms with Gasteiger partial charge in [0.05, 0.1) is 33.0 Å². The van der Waals surface area contributed by atoms with E-state index in [4.69, 9.17) is 14.2 Å². The Hall–Kier alpha value is -2.83. The molecule has 0 aliphatic carbocycles. The zero-order valence-electron chi connectivity index (χ0n) is 17.7. The highest BCUT2D eigenvalue weighted by Crippen LogP contribution is 2.24. The lowest BCUT2D eigenvalue weighted by molar-refractivity contribution is -0.116. The standard InChI is InChI=1S/C24H30N2O4/c1-3-30-23-7-5-4-6-20(23)10-13-24(27)25-18-22(26-14-16-29-17-15-26)19-8-11-21(28-2)12-9-19/h4-13,22H,3,14-18H2,1-2H3,(H,25,27)/b13-10+. The highest BCUT2D eigenvalue weighted by molar-refractivity contribution is 5.92. The van der Waals surface area contributed by atoms with Crippen molar-refractivity contribution in [1.82, 2.24) is 10.2 Å². The van der Waals surface area contributed by atoms with Crippen LogP contribution in [-0.4, -0.2) is 57.4 Å². The minimum Gasteiger partial charge on any atom is -0.497 e. The quantitative estimate of drug-likeness (QED) is 0.643. The van der Waals surface area contributed by atoms with Crippen molar-refractivity contribution in [3.05, 3.63) is 65.7 Å². The van der Waals surface area contributed by atoms with Gasteiger partial charge in [0.2, 0.25) is 5.91 Å². The Labute approximate surface area is 178 Å². The molecule has 0 spiro atoms. The summed E-state index contributed by atoms with van der Waals surface area (Å²) in [6.07, 6.45) is 3.35. The van der Waals surface area contributed by atoms with Gasteiger partial charge in [0.15, 0.2) is 0 Å². The Morgan fingerprint density at radius 2 is 1.90 bits per heavy atom. The van der Waals surface area contributed by atoms with Crippen LogP contribution in [0.2, 0.25) is 0 Å². The number of morpholine rings is 1. The van der Waals surface area contributed by atoms with Crippen LogP contribution in [0.15, 0.2) is 54.6 Å². The monoisotopic (exact) mass is 410 g/mol. The third kappa shape index (κ3) is 6.08. The predicted molar refractivity (Wildman–Crippen MR) is 118 cm³/mol. The molecule has 1 N–H and O–H groups in total. The van der Waals surface area contributed by atoms with Gasteiger partial charge in [-0.3, -0.25) is 9.69 Å². The summed E-state index contributed by atoms with van der Waals surface area (Å²) in [5.74, 6) is 1.46. The van der Waals surface area contributed by atoms with Crippen LogP contribution in [0.4, 0.5) is 0 Å². The summed E-state index contributed by atoms with van der Waals surface area (Å²) in [7, 11) is 1.66. The SMILES string of the molecule is CCOc1ccccc1/C=C/C(=O)NCC(c1ccc(OC)cc1)N1CCOCC1. The minimum absolute atomic E-state index is 0.0767. The third-order valence-corrected chi connectivity index (χ3v) is 5.09. The molecule has 30 heavy (non-hydrogen) atoms. The first-order valence-corrected chi connectivity index (χ1v) is 10.3. The van der Waals surface area contributed by atoms with Gasteiger partial charge in [-0.1, -0.05) is 30.3 Å². The maximum Gasteiger partial charge on any atom is 0.244 e. The van der Waals surface area contributed by atoms with Crippen molar-refractivity contribution < 1.29 is 19.0 Å². The molecule has 0 saturated carbocycles. The van der Waals surface area contributed by atoms with Gasteiger partial charge in [0.1, 0.15) is 11.5 Å². The lowest BCUT2D eigenvalue weighted by atomic mass is 10.0. The van der Waals surface area contributed by atoms with E-state index in [0.29, 0.717) is 26.4 Å². The number of para-hydroxylation sites is 1. The van der Waals surface area contributed by atoms with Gasteiger partial charge in [0, 0.05) is 31.3 Å². The number of methoxy groups -OCH3 is 1. The van der Waals surface area contributed by atoms with Crippen molar-refractivity contribution in [2.24, 2.45) is 0 Å². The summed E-state index contributed by atoms with van der Waals surface area (Å²) in [6.45, 7) is 6.12. The van der Waals surface area contributed by atoms with Crippen molar-refractivity contribution in [2.45, 2.75) is 13.0 Å². The second-order valence-corrected chi connectivity index (χ2v) is 6.99. The first kappa shape index (κ1) is 21.9. The average molecular weight is 411 g/mol. The molecule has 1 atom stereocenters. The number of amides is 1. The second kappa shape index (κ2) is 11.4. The number of hydrogen-bond donors (Lipinski definition) is 1. The van der Waals surface area contributed by atoms with E-state index in [1.54, 1.807) is 19.3 Å². The number of rotatable bonds is 9. The van der Waals surface area contributed by atoms with E-state index in [0.717, 1.165) is 35.7 Å². The van der Waals surface area contributed by atoms with Gasteiger partial charge >= 0.3 is 0 Å². The maximum absolute atomic E-state index is 12.5. The van der Waals surface area contributed by atoms with Crippen LogP contribution < -0.4 is 14.8 Å². The number of hydrogen-bond acceptors (Lipinski definition) is 5. The van der Waals surface area contributed by atoms with E-state index in [-0.39, 0.29) is 11.9 Å². The first-order valence-electron chi connectivity index (χ1n) is 10.3. The van der Waals surface area contributed by atoms with Gasteiger partial charge in [-0.05, 0) is 36.8 Å². The molecule has 160 valence electrons. The molecule has 0 aromatic heterocycles.